The number of amides is 1. The van der Waals surface area contributed by atoms with E-state index < -0.39 is 12.2 Å². The van der Waals surface area contributed by atoms with Crippen molar-refractivity contribution < 1.29 is 14.3 Å². The molecule has 1 amide bonds. The number of methoxy groups -OCH3 is 1. The Kier molecular flexibility index (Phi) is 4.49. The zero-order chi connectivity index (χ0) is 11.1. The van der Waals surface area contributed by atoms with E-state index in [9.17, 15) is 4.79 Å². The summed E-state index contributed by atoms with van der Waals surface area (Å²) in [6, 6.07) is 0. The van der Waals surface area contributed by atoms with Crippen molar-refractivity contribution in [3.8, 4) is 0 Å². The topological polar surface area (TPSA) is 87.3 Å². The molecular formula is C9H13N3O3. The number of primary amides is 1. The third-order valence-corrected chi connectivity index (χ3v) is 1.71. The van der Waals surface area contributed by atoms with Gasteiger partial charge in [0.05, 0.1) is 6.61 Å². The van der Waals surface area contributed by atoms with Gasteiger partial charge in [0, 0.05) is 25.9 Å². The van der Waals surface area contributed by atoms with Crippen LogP contribution in [0.15, 0.2) is 18.7 Å². The summed E-state index contributed by atoms with van der Waals surface area (Å²) in [7, 11) is 1.53. The first-order valence-corrected chi connectivity index (χ1v) is 4.41. The van der Waals surface area contributed by atoms with Gasteiger partial charge in [-0.1, -0.05) is 0 Å². The zero-order valence-electron chi connectivity index (χ0n) is 8.42. The summed E-state index contributed by atoms with van der Waals surface area (Å²) in [5.41, 5.74) is 5.79. The van der Waals surface area contributed by atoms with Crippen LogP contribution in [0.2, 0.25) is 0 Å². The van der Waals surface area contributed by atoms with Crippen LogP contribution in [0, 0.1) is 0 Å². The molecule has 1 aromatic rings. The quantitative estimate of drug-likeness (QED) is 0.747. The van der Waals surface area contributed by atoms with E-state index in [0.717, 1.165) is 5.56 Å². The van der Waals surface area contributed by atoms with E-state index >= 15 is 0 Å². The van der Waals surface area contributed by atoms with Crippen LogP contribution in [-0.2, 0) is 15.9 Å². The minimum atomic E-state index is -0.811. The lowest BCUT2D eigenvalue weighted by molar-refractivity contribution is 0.0442. The molecule has 1 aromatic heterocycles. The minimum Gasteiger partial charge on any atom is -0.444 e. The molecule has 0 spiro atoms. The van der Waals surface area contributed by atoms with Gasteiger partial charge in [-0.2, -0.15) is 0 Å². The molecule has 6 heteroatoms. The minimum absolute atomic E-state index is 0.290. The van der Waals surface area contributed by atoms with E-state index in [4.69, 9.17) is 15.2 Å². The Bertz CT molecular complexity index is 305. The molecule has 0 fully saturated rings. The van der Waals surface area contributed by atoms with Gasteiger partial charge in [-0.3, -0.25) is 0 Å². The summed E-state index contributed by atoms with van der Waals surface area (Å²) in [4.78, 5) is 18.3. The van der Waals surface area contributed by atoms with Gasteiger partial charge >= 0.3 is 6.09 Å². The average Bonchev–Trinajstić information content (AvgIpc) is 2.18. The first-order valence-electron chi connectivity index (χ1n) is 4.41. The summed E-state index contributed by atoms with van der Waals surface area (Å²) in [6.07, 6.45) is 4.01. The van der Waals surface area contributed by atoms with Gasteiger partial charge in [0.2, 0.25) is 0 Å². The van der Waals surface area contributed by atoms with E-state index in [0.29, 0.717) is 6.42 Å². The van der Waals surface area contributed by atoms with Crippen LogP contribution in [0.25, 0.3) is 0 Å². The first kappa shape index (κ1) is 11.4. The summed E-state index contributed by atoms with van der Waals surface area (Å²) in [6.45, 7) is 0.290. The Morgan fingerprint density at radius 3 is 2.73 bits per heavy atom. The van der Waals surface area contributed by atoms with Crippen molar-refractivity contribution in [1.29, 1.82) is 0 Å². The van der Waals surface area contributed by atoms with Crippen molar-refractivity contribution in [2.24, 2.45) is 5.73 Å². The van der Waals surface area contributed by atoms with Gasteiger partial charge in [-0.15, -0.1) is 0 Å². The van der Waals surface area contributed by atoms with Gasteiger partial charge in [-0.25, -0.2) is 14.8 Å². The second-order valence-electron chi connectivity index (χ2n) is 2.97. The molecule has 1 rings (SSSR count). The van der Waals surface area contributed by atoms with Gasteiger partial charge in [0.15, 0.2) is 0 Å². The van der Waals surface area contributed by atoms with Gasteiger partial charge in [0.1, 0.15) is 12.4 Å². The lowest BCUT2D eigenvalue weighted by Gasteiger charge is -2.14. The Labute approximate surface area is 87.4 Å². The monoisotopic (exact) mass is 211 g/mol. The SMILES string of the molecule is COCC(Cc1cncnc1)OC(N)=O. The molecule has 0 saturated heterocycles. The fourth-order valence-electron chi connectivity index (χ4n) is 1.18. The van der Waals surface area contributed by atoms with E-state index in [1.54, 1.807) is 12.4 Å². The molecule has 6 nitrogen and oxygen atoms in total. The van der Waals surface area contributed by atoms with E-state index in [1.807, 2.05) is 0 Å². The number of aromatic nitrogens is 2. The number of hydrogen-bond donors (Lipinski definition) is 1. The highest BCUT2D eigenvalue weighted by Crippen LogP contribution is 2.04. The van der Waals surface area contributed by atoms with Crippen LogP contribution in [0.3, 0.4) is 0 Å². The van der Waals surface area contributed by atoms with Crippen molar-refractivity contribution in [3.05, 3.63) is 24.3 Å². The molecule has 0 aliphatic rings. The normalized spacial score (nSPS) is 12.1. The number of ether oxygens (including phenoxy) is 2. The predicted octanol–water partition coefficient (Wildman–Crippen LogP) is 0.129. The molecule has 1 heterocycles. The number of carbonyl (C=O) groups excluding carboxylic acids is 1. The second kappa shape index (κ2) is 5.92. The predicted molar refractivity (Wildman–Crippen MR) is 52.1 cm³/mol. The fourth-order valence-corrected chi connectivity index (χ4v) is 1.18. The van der Waals surface area contributed by atoms with Gasteiger partial charge in [-0.05, 0) is 5.56 Å². The highest BCUT2D eigenvalue weighted by Gasteiger charge is 2.13. The van der Waals surface area contributed by atoms with Crippen LogP contribution >= 0.6 is 0 Å². The summed E-state index contributed by atoms with van der Waals surface area (Å²) in [5, 5.41) is 0. The smallest absolute Gasteiger partial charge is 0.404 e. The second-order valence-corrected chi connectivity index (χ2v) is 2.97. The first-order chi connectivity index (χ1) is 7.22. The maximum absolute atomic E-state index is 10.6. The highest BCUT2D eigenvalue weighted by atomic mass is 16.6. The molecule has 0 aliphatic heterocycles. The van der Waals surface area contributed by atoms with Crippen LogP contribution in [-0.4, -0.2) is 35.9 Å². The summed E-state index contributed by atoms with van der Waals surface area (Å²) < 4.78 is 9.76. The third kappa shape index (κ3) is 4.37. The molecule has 0 aliphatic carbocycles. The molecule has 15 heavy (non-hydrogen) atoms. The maximum atomic E-state index is 10.6. The summed E-state index contributed by atoms with van der Waals surface area (Å²) >= 11 is 0. The van der Waals surface area contributed by atoms with E-state index in [2.05, 4.69) is 9.97 Å². The molecule has 0 aromatic carbocycles. The lowest BCUT2D eigenvalue weighted by atomic mass is 10.1. The molecule has 82 valence electrons. The van der Waals surface area contributed by atoms with E-state index in [1.165, 1.54) is 13.4 Å². The maximum Gasteiger partial charge on any atom is 0.404 e. The molecule has 0 radical (unpaired) electrons. The molecule has 0 saturated carbocycles. The molecule has 0 bridgehead atoms. The van der Waals surface area contributed by atoms with Gasteiger partial charge in [0.25, 0.3) is 0 Å². The number of nitrogens with zero attached hydrogens (tertiary/aromatic N) is 2. The Morgan fingerprint density at radius 1 is 1.53 bits per heavy atom. The number of nitrogens with two attached hydrogens (primary N) is 1. The number of carbonyl (C=O) groups is 1. The van der Waals surface area contributed by atoms with Gasteiger partial charge < -0.3 is 15.2 Å². The van der Waals surface area contributed by atoms with Crippen LogP contribution in [0.1, 0.15) is 5.56 Å². The number of rotatable bonds is 5. The van der Waals surface area contributed by atoms with Crippen molar-refractivity contribution in [2.45, 2.75) is 12.5 Å². The standard InChI is InChI=1S/C9H13N3O3/c1-14-5-8(15-9(10)13)2-7-3-11-6-12-4-7/h3-4,6,8H,2,5H2,1H3,(H2,10,13). The molecule has 1 atom stereocenters. The zero-order valence-corrected chi connectivity index (χ0v) is 8.42. The van der Waals surface area contributed by atoms with E-state index in [-0.39, 0.29) is 6.61 Å². The van der Waals surface area contributed by atoms with Crippen LogP contribution in [0.5, 0.6) is 0 Å². The van der Waals surface area contributed by atoms with Crippen molar-refractivity contribution in [3.63, 3.8) is 0 Å². The molecule has 1 unspecified atom stereocenters. The third-order valence-electron chi connectivity index (χ3n) is 1.71. The van der Waals surface area contributed by atoms with Crippen molar-refractivity contribution in [1.82, 2.24) is 9.97 Å². The molecular weight excluding hydrogens is 198 g/mol. The van der Waals surface area contributed by atoms with Crippen LogP contribution in [0.4, 0.5) is 4.79 Å². The largest absolute Gasteiger partial charge is 0.444 e. The van der Waals surface area contributed by atoms with Crippen molar-refractivity contribution >= 4 is 6.09 Å². The number of hydrogen-bond acceptors (Lipinski definition) is 5. The average molecular weight is 211 g/mol. The Balaban J connectivity index is 2.54. The molecule has 2 N–H and O–H groups in total. The highest BCUT2D eigenvalue weighted by molar-refractivity contribution is 5.64. The van der Waals surface area contributed by atoms with Crippen LogP contribution < -0.4 is 5.73 Å². The lowest BCUT2D eigenvalue weighted by Crippen LogP contribution is -2.28. The van der Waals surface area contributed by atoms with Crippen molar-refractivity contribution in [2.75, 3.05) is 13.7 Å². The summed E-state index contributed by atoms with van der Waals surface area (Å²) in [5.74, 6) is 0. The Hall–Kier alpha value is -1.69. The Morgan fingerprint density at radius 2 is 2.20 bits per heavy atom. The fraction of sp³-hybridized carbons (Fsp3) is 0.444.